The van der Waals surface area contributed by atoms with Crippen molar-refractivity contribution in [2.24, 2.45) is 0 Å². The van der Waals surface area contributed by atoms with Crippen molar-refractivity contribution in [3.8, 4) is 0 Å². The van der Waals surface area contributed by atoms with E-state index in [0.717, 1.165) is 23.7 Å². The topological polar surface area (TPSA) is 75.0 Å². The minimum atomic E-state index is -3.08. The van der Waals surface area contributed by atoms with Gasteiger partial charge in [-0.05, 0) is 6.54 Å². The fraction of sp³-hybridized carbons (Fsp3) is 0.600. The first kappa shape index (κ1) is 16.0. The Labute approximate surface area is 144 Å². The third-order valence-electron chi connectivity index (χ3n) is 4.99. The Morgan fingerprint density at radius 1 is 1.33 bits per heavy atom. The van der Waals surface area contributed by atoms with Gasteiger partial charge in [-0.2, -0.15) is 0 Å². The van der Waals surface area contributed by atoms with Crippen LogP contribution in [0.4, 0.5) is 0 Å². The van der Waals surface area contributed by atoms with Gasteiger partial charge < -0.3 is 4.90 Å². The number of imidazole rings is 1. The number of carbonyl (C=O) groups is 1. The second-order valence-corrected chi connectivity index (χ2v) is 9.46. The molecular formula is C15H20N4O3S2. The van der Waals surface area contributed by atoms with Crippen LogP contribution in [-0.4, -0.2) is 76.7 Å². The third-order valence-corrected chi connectivity index (χ3v) is 7.46. The predicted octanol–water partition coefficient (Wildman–Crippen LogP) is 0.268. The SMILES string of the molecule is CCN1CCN(C(=O)Cc2cn3ccsc3n2)[C@@H]2CS(=O)(=O)C[C@@H]21. The van der Waals surface area contributed by atoms with Crippen molar-refractivity contribution in [3.63, 3.8) is 0 Å². The molecule has 130 valence electrons. The van der Waals surface area contributed by atoms with Gasteiger partial charge >= 0.3 is 0 Å². The van der Waals surface area contributed by atoms with E-state index < -0.39 is 9.84 Å². The molecule has 2 saturated heterocycles. The van der Waals surface area contributed by atoms with Gasteiger partial charge in [0.15, 0.2) is 14.8 Å². The Kier molecular flexibility index (Phi) is 3.89. The molecule has 0 aliphatic carbocycles. The molecule has 2 aliphatic rings. The summed E-state index contributed by atoms with van der Waals surface area (Å²) in [6, 6.07) is -0.289. The van der Waals surface area contributed by atoms with E-state index in [1.165, 1.54) is 11.3 Å². The fourth-order valence-electron chi connectivity index (χ4n) is 3.84. The van der Waals surface area contributed by atoms with E-state index in [1.807, 2.05) is 29.1 Å². The van der Waals surface area contributed by atoms with E-state index in [4.69, 9.17) is 0 Å². The van der Waals surface area contributed by atoms with Crippen LogP contribution in [0, 0.1) is 0 Å². The van der Waals surface area contributed by atoms with Crippen LogP contribution in [0.5, 0.6) is 0 Å². The molecule has 0 aromatic carbocycles. The number of thiazole rings is 1. The number of piperazine rings is 1. The van der Waals surface area contributed by atoms with Gasteiger partial charge in [0.2, 0.25) is 5.91 Å². The van der Waals surface area contributed by atoms with Crippen molar-refractivity contribution in [3.05, 3.63) is 23.5 Å². The molecular weight excluding hydrogens is 348 g/mol. The lowest BCUT2D eigenvalue weighted by Crippen LogP contribution is -2.60. The first-order valence-corrected chi connectivity index (χ1v) is 10.8. The van der Waals surface area contributed by atoms with E-state index in [0.29, 0.717) is 6.54 Å². The Morgan fingerprint density at radius 3 is 2.88 bits per heavy atom. The summed E-state index contributed by atoms with van der Waals surface area (Å²) in [5.41, 5.74) is 0.738. The standard InChI is InChI=1S/C15H20N4O3S2/c1-2-17-3-4-19(13-10-24(21,22)9-12(13)17)14(20)7-11-8-18-5-6-23-15(18)16-11/h5-6,8,12-13H,2-4,7,9-10H2,1H3/t12-,13+/m0/s1. The summed E-state index contributed by atoms with van der Waals surface area (Å²) in [6.45, 7) is 4.18. The van der Waals surface area contributed by atoms with Crippen molar-refractivity contribution in [2.75, 3.05) is 31.1 Å². The second kappa shape index (κ2) is 5.82. The van der Waals surface area contributed by atoms with Gasteiger partial charge in [0.05, 0.1) is 29.7 Å². The van der Waals surface area contributed by atoms with Crippen LogP contribution in [-0.2, 0) is 21.1 Å². The zero-order valence-electron chi connectivity index (χ0n) is 13.5. The number of fused-ring (bicyclic) bond motifs is 2. The first-order valence-electron chi connectivity index (χ1n) is 8.12. The normalized spacial score (nSPS) is 26.8. The highest BCUT2D eigenvalue weighted by molar-refractivity contribution is 7.91. The Morgan fingerprint density at radius 2 is 2.12 bits per heavy atom. The number of hydrogen-bond donors (Lipinski definition) is 0. The quantitative estimate of drug-likeness (QED) is 0.777. The molecule has 0 unspecified atom stereocenters. The van der Waals surface area contributed by atoms with Gasteiger partial charge in [-0.15, -0.1) is 11.3 Å². The van der Waals surface area contributed by atoms with Crippen LogP contribution in [0.1, 0.15) is 12.6 Å². The van der Waals surface area contributed by atoms with Crippen LogP contribution < -0.4 is 0 Å². The van der Waals surface area contributed by atoms with Gasteiger partial charge in [-0.3, -0.25) is 14.1 Å². The lowest BCUT2D eigenvalue weighted by Gasteiger charge is -2.43. The van der Waals surface area contributed by atoms with Crippen molar-refractivity contribution < 1.29 is 13.2 Å². The zero-order chi connectivity index (χ0) is 16.9. The van der Waals surface area contributed by atoms with Crippen LogP contribution >= 0.6 is 11.3 Å². The van der Waals surface area contributed by atoms with Crippen LogP contribution in [0.2, 0.25) is 0 Å². The highest BCUT2D eigenvalue weighted by Gasteiger charge is 2.47. The third kappa shape index (κ3) is 2.74. The van der Waals surface area contributed by atoms with E-state index in [9.17, 15) is 13.2 Å². The second-order valence-electron chi connectivity index (χ2n) is 6.43. The number of sulfone groups is 1. The van der Waals surface area contributed by atoms with Gasteiger partial charge in [0.1, 0.15) is 0 Å². The smallest absolute Gasteiger partial charge is 0.229 e. The van der Waals surface area contributed by atoms with Crippen LogP contribution in [0.25, 0.3) is 4.96 Å². The van der Waals surface area contributed by atoms with Crippen LogP contribution in [0.3, 0.4) is 0 Å². The van der Waals surface area contributed by atoms with Gasteiger partial charge in [-0.1, -0.05) is 6.92 Å². The molecule has 2 atom stereocenters. The number of hydrogen-bond acceptors (Lipinski definition) is 6. The molecule has 0 bridgehead atoms. The summed E-state index contributed by atoms with van der Waals surface area (Å²) < 4.78 is 26.1. The Balaban J connectivity index is 1.54. The zero-order valence-corrected chi connectivity index (χ0v) is 15.1. The number of carbonyl (C=O) groups excluding carboxylic acids is 1. The number of rotatable bonds is 3. The average molecular weight is 368 g/mol. The molecule has 0 radical (unpaired) electrons. The van der Waals surface area contributed by atoms with Crippen molar-refractivity contribution >= 4 is 32.0 Å². The summed E-state index contributed by atoms with van der Waals surface area (Å²) in [7, 11) is -3.08. The number of aromatic nitrogens is 2. The molecule has 2 fully saturated rings. The van der Waals surface area contributed by atoms with E-state index >= 15 is 0 Å². The Hall–Kier alpha value is -1.45. The summed E-state index contributed by atoms with van der Waals surface area (Å²) in [5, 5.41) is 1.95. The van der Waals surface area contributed by atoms with E-state index in [2.05, 4.69) is 9.88 Å². The summed E-state index contributed by atoms with van der Waals surface area (Å²) in [6.07, 6.45) is 4.01. The van der Waals surface area contributed by atoms with E-state index in [1.54, 1.807) is 4.90 Å². The maximum absolute atomic E-state index is 12.8. The van der Waals surface area contributed by atoms with Crippen molar-refractivity contribution in [1.29, 1.82) is 0 Å². The van der Waals surface area contributed by atoms with Crippen molar-refractivity contribution in [1.82, 2.24) is 19.2 Å². The lowest BCUT2D eigenvalue weighted by atomic mass is 10.0. The van der Waals surface area contributed by atoms with Gasteiger partial charge in [0.25, 0.3) is 0 Å². The molecule has 24 heavy (non-hydrogen) atoms. The monoisotopic (exact) mass is 368 g/mol. The number of amides is 1. The van der Waals surface area contributed by atoms with Crippen molar-refractivity contribution in [2.45, 2.75) is 25.4 Å². The van der Waals surface area contributed by atoms with Crippen LogP contribution in [0.15, 0.2) is 17.8 Å². The maximum atomic E-state index is 12.8. The lowest BCUT2D eigenvalue weighted by molar-refractivity contribution is -0.136. The average Bonchev–Trinajstić information content (AvgIpc) is 3.17. The highest BCUT2D eigenvalue weighted by Crippen LogP contribution is 2.27. The van der Waals surface area contributed by atoms with E-state index in [-0.39, 0.29) is 35.9 Å². The molecule has 2 aromatic heterocycles. The molecule has 0 saturated carbocycles. The van der Waals surface area contributed by atoms with Gasteiger partial charge in [0, 0.05) is 36.9 Å². The largest absolute Gasteiger partial charge is 0.335 e. The molecule has 4 rings (SSSR count). The molecule has 4 heterocycles. The molecule has 0 spiro atoms. The Bertz CT molecular complexity index is 844. The molecule has 0 N–H and O–H groups in total. The maximum Gasteiger partial charge on any atom is 0.229 e. The minimum absolute atomic E-state index is 0.0244. The molecule has 1 amide bonds. The highest BCUT2D eigenvalue weighted by atomic mass is 32.2. The minimum Gasteiger partial charge on any atom is -0.335 e. The van der Waals surface area contributed by atoms with Gasteiger partial charge in [-0.25, -0.2) is 13.4 Å². The summed E-state index contributed by atoms with van der Waals surface area (Å²) in [4.78, 5) is 22.1. The molecule has 9 heteroatoms. The molecule has 2 aromatic rings. The number of nitrogens with zero attached hydrogens (tertiary/aromatic N) is 4. The molecule has 2 aliphatic heterocycles. The summed E-state index contributed by atoms with van der Waals surface area (Å²) >= 11 is 1.53. The number of likely N-dealkylation sites (N-methyl/N-ethyl adjacent to an activating group) is 1. The summed E-state index contributed by atoms with van der Waals surface area (Å²) in [5.74, 6) is 0.219. The molecule has 7 nitrogen and oxygen atoms in total. The first-order chi connectivity index (χ1) is 11.5. The predicted molar refractivity (Wildman–Crippen MR) is 92.0 cm³/mol. The fourth-order valence-corrected chi connectivity index (χ4v) is 6.58.